The molecular weight excluding hydrogens is 224 g/mol. The Labute approximate surface area is 107 Å². The SMILES string of the molecule is COCc1ccccc1N=C(N)c1ccccc1. The van der Waals surface area contributed by atoms with E-state index in [1.807, 2.05) is 54.6 Å². The highest BCUT2D eigenvalue weighted by Crippen LogP contribution is 2.20. The molecule has 0 saturated carbocycles. The molecule has 0 aliphatic carbocycles. The molecule has 0 aliphatic rings. The number of hydrogen-bond donors (Lipinski definition) is 1. The molecule has 0 aliphatic heterocycles. The molecule has 2 aromatic rings. The smallest absolute Gasteiger partial charge is 0.131 e. The van der Waals surface area contributed by atoms with Crippen LogP contribution < -0.4 is 5.73 Å². The number of ether oxygens (including phenoxy) is 1. The summed E-state index contributed by atoms with van der Waals surface area (Å²) < 4.78 is 5.15. The van der Waals surface area contributed by atoms with Crippen LogP contribution in [0.1, 0.15) is 11.1 Å². The minimum absolute atomic E-state index is 0.513. The molecule has 3 nitrogen and oxygen atoms in total. The number of benzene rings is 2. The molecule has 2 aromatic carbocycles. The second-order valence-electron chi connectivity index (χ2n) is 3.92. The van der Waals surface area contributed by atoms with E-state index in [4.69, 9.17) is 10.5 Å². The second kappa shape index (κ2) is 5.98. The molecule has 2 rings (SSSR count). The molecule has 0 unspecified atom stereocenters. The molecule has 0 radical (unpaired) electrons. The van der Waals surface area contributed by atoms with E-state index in [0.717, 1.165) is 16.8 Å². The van der Waals surface area contributed by atoms with Crippen LogP contribution in [0.15, 0.2) is 59.6 Å². The molecule has 0 bridgehead atoms. The maximum absolute atomic E-state index is 6.00. The first-order valence-electron chi connectivity index (χ1n) is 5.77. The van der Waals surface area contributed by atoms with Gasteiger partial charge in [-0.3, -0.25) is 0 Å². The van der Waals surface area contributed by atoms with Crippen LogP contribution in [0.3, 0.4) is 0 Å². The van der Waals surface area contributed by atoms with Gasteiger partial charge >= 0.3 is 0 Å². The first-order chi connectivity index (χ1) is 8.81. The van der Waals surface area contributed by atoms with E-state index in [0.29, 0.717) is 12.4 Å². The Bertz CT molecular complexity index is 535. The molecule has 0 heterocycles. The molecule has 3 heteroatoms. The number of nitrogens with zero attached hydrogens (tertiary/aromatic N) is 1. The summed E-state index contributed by atoms with van der Waals surface area (Å²) in [6.07, 6.45) is 0. The number of rotatable bonds is 4. The number of hydrogen-bond acceptors (Lipinski definition) is 2. The number of methoxy groups -OCH3 is 1. The summed E-state index contributed by atoms with van der Waals surface area (Å²) in [6.45, 7) is 0.530. The van der Waals surface area contributed by atoms with Crippen molar-refractivity contribution >= 4 is 11.5 Å². The van der Waals surface area contributed by atoms with Crippen molar-refractivity contribution in [2.24, 2.45) is 10.7 Å². The van der Waals surface area contributed by atoms with E-state index < -0.39 is 0 Å². The zero-order chi connectivity index (χ0) is 12.8. The third-order valence-electron chi connectivity index (χ3n) is 2.60. The Hall–Kier alpha value is -2.13. The lowest BCUT2D eigenvalue weighted by atomic mass is 10.2. The fourth-order valence-electron chi connectivity index (χ4n) is 1.70. The Balaban J connectivity index is 2.33. The van der Waals surface area contributed by atoms with Crippen molar-refractivity contribution in [3.8, 4) is 0 Å². The van der Waals surface area contributed by atoms with Crippen molar-refractivity contribution in [2.45, 2.75) is 6.61 Å². The summed E-state index contributed by atoms with van der Waals surface area (Å²) in [5.41, 5.74) is 8.80. The number of amidine groups is 1. The molecule has 0 aromatic heterocycles. The van der Waals surface area contributed by atoms with Crippen molar-refractivity contribution in [3.63, 3.8) is 0 Å². The van der Waals surface area contributed by atoms with Gasteiger partial charge in [0, 0.05) is 18.2 Å². The zero-order valence-corrected chi connectivity index (χ0v) is 10.3. The molecule has 0 fully saturated rings. The van der Waals surface area contributed by atoms with Crippen LogP contribution in [0.5, 0.6) is 0 Å². The maximum Gasteiger partial charge on any atom is 0.131 e. The number of aliphatic imine (C=N–C) groups is 1. The number of nitrogens with two attached hydrogens (primary N) is 1. The highest BCUT2D eigenvalue weighted by molar-refractivity contribution is 5.99. The molecular formula is C15H16N2O. The summed E-state index contributed by atoms with van der Waals surface area (Å²) in [4.78, 5) is 4.46. The summed E-state index contributed by atoms with van der Waals surface area (Å²) >= 11 is 0. The monoisotopic (exact) mass is 240 g/mol. The van der Waals surface area contributed by atoms with E-state index in [1.54, 1.807) is 7.11 Å². The topological polar surface area (TPSA) is 47.6 Å². The summed E-state index contributed by atoms with van der Waals surface area (Å²) in [5, 5.41) is 0. The second-order valence-corrected chi connectivity index (χ2v) is 3.92. The molecule has 18 heavy (non-hydrogen) atoms. The quantitative estimate of drug-likeness (QED) is 0.660. The first-order valence-corrected chi connectivity index (χ1v) is 5.77. The third kappa shape index (κ3) is 2.96. The highest BCUT2D eigenvalue weighted by atomic mass is 16.5. The Morgan fingerprint density at radius 2 is 1.72 bits per heavy atom. The molecule has 0 spiro atoms. The number of para-hydroxylation sites is 1. The normalized spacial score (nSPS) is 11.5. The summed E-state index contributed by atoms with van der Waals surface area (Å²) in [7, 11) is 1.67. The van der Waals surface area contributed by atoms with Crippen molar-refractivity contribution in [1.29, 1.82) is 0 Å². The van der Waals surface area contributed by atoms with Gasteiger partial charge in [0.05, 0.1) is 12.3 Å². The Morgan fingerprint density at radius 3 is 2.44 bits per heavy atom. The largest absolute Gasteiger partial charge is 0.383 e. The van der Waals surface area contributed by atoms with Crippen molar-refractivity contribution in [3.05, 3.63) is 65.7 Å². The lowest BCUT2D eigenvalue weighted by molar-refractivity contribution is 0.185. The predicted octanol–water partition coefficient (Wildman–Crippen LogP) is 2.87. The van der Waals surface area contributed by atoms with Crippen LogP contribution in [0.2, 0.25) is 0 Å². The standard InChI is InChI=1S/C15H16N2O/c1-18-11-13-9-5-6-10-14(13)17-15(16)12-7-3-2-4-8-12/h2-10H,11H2,1H3,(H2,16,17). The Kier molecular flexibility index (Phi) is 4.10. The van der Waals surface area contributed by atoms with Gasteiger partial charge in [-0.1, -0.05) is 48.5 Å². The average Bonchev–Trinajstić information content (AvgIpc) is 2.42. The van der Waals surface area contributed by atoms with Crippen LogP contribution in [-0.2, 0) is 11.3 Å². The molecule has 92 valence electrons. The van der Waals surface area contributed by atoms with Crippen molar-refractivity contribution in [1.82, 2.24) is 0 Å². The van der Waals surface area contributed by atoms with Gasteiger partial charge in [-0.05, 0) is 6.07 Å². The van der Waals surface area contributed by atoms with Gasteiger partial charge in [-0.2, -0.15) is 0 Å². The van der Waals surface area contributed by atoms with Gasteiger partial charge in [0.25, 0.3) is 0 Å². The molecule has 0 saturated heterocycles. The van der Waals surface area contributed by atoms with Crippen LogP contribution in [0, 0.1) is 0 Å². The molecule has 0 amide bonds. The van der Waals surface area contributed by atoms with E-state index in [2.05, 4.69) is 4.99 Å². The third-order valence-corrected chi connectivity index (χ3v) is 2.60. The van der Waals surface area contributed by atoms with Crippen LogP contribution >= 0.6 is 0 Å². The lowest BCUT2D eigenvalue weighted by Gasteiger charge is -2.06. The van der Waals surface area contributed by atoms with Crippen molar-refractivity contribution < 1.29 is 4.74 Å². The van der Waals surface area contributed by atoms with Gasteiger partial charge in [0.1, 0.15) is 5.84 Å². The van der Waals surface area contributed by atoms with Gasteiger partial charge in [-0.15, -0.1) is 0 Å². The van der Waals surface area contributed by atoms with E-state index >= 15 is 0 Å². The van der Waals surface area contributed by atoms with Gasteiger partial charge in [0.2, 0.25) is 0 Å². The molecule has 2 N–H and O–H groups in total. The highest BCUT2D eigenvalue weighted by Gasteiger charge is 2.02. The van der Waals surface area contributed by atoms with Crippen molar-refractivity contribution in [2.75, 3.05) is 7.11 Å². The van der Waals surface area contributed by atoms with E-state index in [-0.39, 0.29) is 0 Å². The maximum atomic E-state index is 6.00. The summed E-state index contributed by atoms with van der Waals surface area (Å²) in [5.74, 6) is 0.513. The van der Waals surface area contributed by atoms with Crippen LogP contribution in [-0.4, -0.2) is 12.9 Å². The zero-order valence-electron chi connectivity index (χ0n) is 10.3. The van der Waals surface area contributed by atoms with E-state index in [1.165, 1.54) is 0 Å². The molecule has 0 atom stereocenters. The van der Waals surface area contributed by atoms with Gasteiger partial charge < -0.3 is 10.5 Å². The predicted molar refractivity (Wildman–Crippen MR) is 74.0 cm³/mol. The van der Waals surface area contributed by atoms with Crippen LogP contribution in [0.25, 0.3) is 0 Å². The first kappa shape index (κ1) is 12.3. The van der Waals surface area contributed by atoms with Crippen LogP contribution in [0.4, 0.5) is 5.69 Å². The lowest BCUT2D eigenvalue weighted by Crippen LogP contribution is -2.12. The fourth-order valence-corrected chi connectivity index (χ4v) is 1.70. The average molecular weight is 240 g/mol. The minimum atomic E-state index is 0.513. The van der Waals surface area contributed by atoms with E-state index in [9.17, 15) is 0 Å². The van der Waals surface area contributed by atoms with Gasteiger partial charge in [-0.25, -0.2) is 4.99 Å². The summed E-state index contributed by atoms with van der Waals surface area (Å²) in [6, 6.07) is 17.6. The fraction of sp³-hybridized carbons (Fsp3) is 0.133. The van der Waals surface area contributed by atoms with Gasteiger partial charge in [0.15, 0.2) is 0 Å². The minimum Gasteiger partial charge on any atom is -0.383 e. The Morgan fingerprint density at radius 1 is 1.06 bits per heavy atom.